The summed E-state index contributed by atoms with van der Waals surface area (Å²) in [6.45, 7) is 4.85. The van der Waals surface area contributed by atoms with Crippen LogP contribution in [-0.2, 0) is 11.3 Å². The van der Waals surface area contributed by atoms with Crippen LogP contribution < -0.4 is 15.8 Å². The number of hydrogen-bond donors (Lipinski definition) is 2. The fourth-order valence-electron chi connectivity index (χ4n) is 4.22. The van der Waals surface area contributed by atoms with E-state index in [0.717, 1.165) is 55.7 Å². The van der Waals surface area contributed by atoms with Crippen LogP contribution >= 0.6 is 23.2 Å². The molecule has 184 valence electrons. The smallest absolute Gasteiger partial charge is 0.216 e. The molecule has 35 heavy (non-hydrogen) atoms. The van der Waals surface area contributed by atoms with Crippen molar-refractivity contribution >= 4 is 34.9 Å². The molecule has 2 aromatic carbocycles. The molecule has 0 radical (unpaired) electrons. The highest BCUT2D eigenvalue weighted by atomic mass is 35.5. The number of ether oxygens (including phenoxy) is 1. The first kappa shape index (κ1) is 25.2. The molecule has 1 fully saturated rings. The van der Waals surface area contributed by atoms with Gasteiger partial charge in [-0.3, -0.25) is 9.69 Å². The zero-order valence-electron chi connectivity index (χ0n) is 19.4. The van der Waals surface area contributed by atoms with Crippen LogP contribution in [0.2, 0.25) is 10.0 Å². The molecular weight excluding hydrogens is 490 g/mol. The quantitative estimate of drug-likeness (QED) is 0.407. The van der Waals surface area contributed by atoms with Gasteiger partial charge in [0, 0.05) is 36.1 Å². The maximum Gasteiger partial charge on any atom is 0.216 e. The number of nitrogens with one attached hydrogen (secondary N) is 1. The molecule has 6 nitrogen and oxygen atoms in total. The second-order valence-electron chi connectivity index (χ2n) is 8.82. The number of carbonyl (C=O) groups is 1. The zero-order chi connectivity index (χ0) is 24.9. The molecule has 1 aromatic heterocycles. The van der Waals surface area contributed by atoms with E-state index in [2.05, 4.69) is 21.3 Å². The van der Waals surface area contributed by atoms with E-state index in [1.54, 1.807) is 13.0 Å². The molecule has 0 saturated carbocycles. The molecular formula is C26H27Cl2FN4O2. The summed E-state index contributed by atoms with van der Waals surface area (Å²) in [6, 6.07) is 12.5. The van der Waals surface area contributed by atoms with Gasteiger partial charge < -0.3 is 15.8 Å². The molecule has 0 unspecified atom stereocenters. The summed E-state index contributed by atoms with van der Waals surface area (Å²) in [5.74, 6) is 0.476. The number of anilines is 1. The van der Waals surface area contributed by atoms with Crippen molar-refractivity contribution in [3.63, 3.8) is 0 Å². The predicted octanol–water partition coefficient (Wildman–Crippen LogP) is 5.92. The summed E-state index contributed by atoms with van der Waals surface area (Å²) in [6.07, 6.45) is 3.42. The Kier molecular flexibility index (Phi) is 8.11. The van der Waals surface area contributed by atoms with E-state index < -0.39 is 5.82 Å². The van der Waals surface area contributed by atoms with E-state index in [4.69, 9.17) is 33.7 Å². The second kappa shape index (κ2) is 11.2. The summed E-state index contributed by atoms with van der Waals surface area (Å²) in [7, 11) is 0. The normalized spacial score (nSPS) is 14.6. The molecule has 1 amide bonds. The Balaban J connectivity index is 1.56. The lowest BCUT2D eigenvalue weighted by Crippen LogP contribution is -2.37. The number of nitrogens with zero attached hydrogens (tertiary/aromatic N) is 2. The zero-order valence-corrected chi connectivity index (χ0v) is 20.9. The van der Waals surface area contributed by atoms with Gasteiger partial charge >= 0.3 is 0 Å². The van der Waals surface area contributed by atoms with Crippen molar-refractivity contribution < 1.29 is 13.9 Å². The van der Waals surface area contributed by atoms with Crippen molar-refractivity contribution in [2.75, 3.05) is 25.4 Å². The van der Waals surface area contributed by atoms with Crippen LogP contribution in [0.15, 0.2) is 48.7 Å². The van der Waals surface area contributed by atoms with E-state index in [1.165, 1.54) is 12.3 Å². The molecule has 9 heteroatoms. The van der Waals surface area contributed by atoms with Crippen LogP contribution in [0.4, 0.5) is 10.2 Å². The van der Waals surface area contributed by atoms with Crippen molar-refractivity contribution in [1.82, 2.24) is 15.2 Å². The molecule has 4 rings (SSSR count). The van der Waals surface area contributed by atoms with Gasteiger partial charge in [0.25, 0.3) is 0 Å². The van der Waals surface area contributed by atoms with Gasteiger partial charge in [0.1, 0.15) is 11.5 Å². The lowest BCUT2D eigenvalue weighted by atomic mass is 9.96. The summed E-state index contributed by atoms with van der Waals surface area (Å²) in [5, 5.41) is 3.98. The molecule has 2 heterocycles. The number of rotatable bonds is 7. The largest absolute Gasteiger partial charge is 0.456 e. The minimum absolute atomic E-state index is 0.00840. The number of nitrogens with two attached hydrogens (primary N) is 1. The highest BCUT2D eigenvalue weighted by molar-refractivity contribution is 6.35. The molecule has 1 aliphatic rings. The van der Waals surface area contributed by atoms with Gasteiger partial charge in [0.2, 0.25) is 5.91 Å². The number of aromatic nitrogens is 1. The second-order valence-corrected chi connectivity index (χ2v) is 9.69. The van der Waals surface area contributed by atoms with Gasteiger partial charge in [0.05, 0.1) is 6.20 Å². The van der Waals surface area contributed by atoms with Crippen LogP contribution in [-0.4, -0.2) is 35.4 Å². The molecule has 0 spiro atoms. The number of halogens is 3. The maximum atomic E-state index is 13.9. The van der Waals surface area contributed by atoms with Crippen LogP contribution in [0.25, 0.3) is 11.1 Å². The number of benzene rings is 2. The third-order valence-electron chi connectivity index (χ3n) is 6.00. The molecule has 3 aromatic rings. The lowest BCUT2D eigenvalue weighted by Gasteiger charge is -2.32. The topological polar surface area (TPSA) is 80.5 Å². The summed E-state index contributed by atoms with van der Waals surface area (Å²) >= 11 is 12.5. The maximum absolute atomic E-state index is 13.9. The van der Waals surface area contributed by atoms with Gasteiger partial charge in [0.15, 0.2) is 11.6 Å². The minimum Gasteiger partial charge on any atom is -0.456 e. The van der Waals surface area contributed by atoms with E-state index in [-0.39, 0.29) is 17.5 Å². The third kappa shape index (κ3) is 7.07. The van der Waals surface area contributed by atoms with E-state index in [0.29, 0.717) is 21.7 Å². The first-order valence-corrected chi connectivity index (χ1v) is 12.2. The van der Waals surface area contributed by atoms with Crippen molar-refractivity contribution in [1.29, 1.82) is 0 Å². The van der Waals surface area contributed by atoms with Gasteiger partial charge in [-0.25, -0.2) is 9.37 Å². The fraction of sp³-hybridized carbons (Fsp3) is 0.308. The average molecular weight is 517 g/mol. The number of amides is 1. The Bertz CT molecular complexity index is 1200. The summed E-state index contributed by atoms with van der Waals surface area (Å²) < 4.78 is 19.9. The number of piperidine rings is 1. The Labute approximate surface area is 214 Å². The van der Waals surface area contributed by atoms with Crippen molar-refractivity contribution in [2.45, 2.75) is 26.3 Å². The van der Waals surface area contributed by atoms with Crippen molar-refractivity contribution in [2.24, 2.45) is 5.92 Å². The minimum atomic E-state index is -0.636. The number of hydrogen-bond acceptors (Lipinski definition) is 5. The number of pyridine rings is 1. The van der Waals surface area contributed by atoms with Crippen molar-refractivity contribution in [3.8, 4) is 22.6 Å². The SMILES string of the molecule is CC(=O)NCC1CCN(Cc2cc(Oc3cnc(N)c(F)c3)cc(-c3cc(Cl)cc(Cl)c3)c2)CC1. The molecule has 0 aliphatic carbocycles. The molecule has 0 atom stereocenters. The number of nitrogen functional groups attached to an aromatic ring is 1. The Hall–Kier alpha value is -2.87. The number of carbonyl (C=O) groups excluding carboxylic acids is 1. The van der Waals surface area contributed by atoms with Gasteiger partial charge in [-0.15, -0.1) is 0 Å². The molecule has 1 saturated heterocycles. The van der Waals surface area contributed by atoms with Gasteiger partial charge in [-0.05, 0) is 84.9 Å². The van der Waals surface area contributed by atoms with Gasteiger partial charge in [-0.2, -0.15) is 0 Å². The first-order valence-electron chi connectivity index (χ1n) is 11.4. The molecule has 3 N–H and O–H groups in total. The van der Waals surface area contributed by atoms with Crippen molar-refractivity contribution in [3.05, 3.63) is 70.1 Å². The highest BCUT2D eigenvalue weighted by Gasteiger charge is 2.20. The summed E-state index contributed by atoms with van der Waals surface area (Å²) in [5.41, 5.74) is 8.26. The average Bonchev–Trinajstić information content (AvgIpc) is 2.80. The fourth-order valence-corrected chi connectivity index (χ4v) is 4.74. The standard InChI is InChI=1S/C26H27Cl2FN4O2/c1-16(34)31-13-17-2-4-33(5-3-17)15-18-6-19(20-8-21(27)11-22(28)9-20)10-23(7-18)35-24-12-25(29)26(30)32-14-24/h6-12,14,17H,2-5,13,15H2,1H3,(H2,30,32)(H,31,34). The Morgan fingerprint density at radius 1 is 1.09 bits per heavy atom. The van der Waals surface area contributed by atoms with Crippen LogP contribution in [0.3, 0.4) is 0 Å². The molecule has 1 aliphatic heterocycles. The monoisotopic (exact) mass is 516 g/mol. The van der Waals surface area contributed by atoms with Gasteiger partial charge in [-0.1, -0.05) is 23.2 Å². The van der Waals surface area contributed by atoms with Crippen LogP contribution in [0.1, 0.15) is 25.3 Å². The van der Waals surface area contributed by atoms with E-state index in [9.17, 15) is 9.18 Å². The van der Waals surface area contributed by atoms with E-state index >= 15 is 0 Å². The first-order chi connectivity index (χ1) is 16.7. The lowest BCUT2D eigenvalue weighted by molar-refractivity contribution is -0.119. The molecule has 0 bridgehead atoms. The Morgan fingerprint density at radius 3 is 2.43 bits per heavy atom. The van der Waals surface area contributed by atoms with Crippen LogP contribution in [0.5, 0.6) is 11.5 Å². The Morgan fingerprint density at radius 2 is 1.77 bits per heavy atom. The van der Waals surface area contributed by atoms with E-state index in [1.807, 2.05) is 24.3 Å². The number of likely N-dealkylation sites (tertiary alicyclic amines) is 1. The van der Waals surface area contributed by atoms with Crippen LogP contribution in [0, 0.1) is 11.7 Å². The highest BCUT2D eigenvalue weighted by Crippen LogP contribution is 2.33. The predicted molar refractivity (Wildman–Crippen MR) is 137 cm³/mol. The summed E-state index contributed by atoms with van der Waals surface area (Å²) in [4.78, 5) is 17.4. The third-order valence-corrected chi connectivity index (χ3v) is 6.43.